The van der Waals surface area contributed by atoms with E-state index in [2.05, 4.69) is 15.6 Å². The van der Waals surface area contributed by atoms with Crippen molar-refractivity contribution in [2.24, 2.45) is 0 Å². The van der Waals surface area contributed by atoms with Crippen LogP contribution in [0.4, 0.5) is 5.13 Å². The molecule has 0 aliphatic rings. The first kappa shape index (κ1) is 12.1. The molecule has 0 unspecified atom stereocenters. The lowest BCUT2D eigenvalue weighted by molar-refractivity contribution is -0.120. The third-order valence-electron chi connectivity index (χ3n) is 2.15. The molecule has 0 spiro atoms. The Hall–Kier alpha value is -1.40. The minimum atomic E-state index is 0.0338. The van der Waals surface area contributed by atoms with Crippen molar-refractivity contribution >= 4 is 33.7 Å². The van der Waals surface area contributed by atoms with E-state index in [0.29, 0.717) is 13.0 Å². The average Bonchev–Trinajstić information content (AvgIpc) is 2.96. The molecule has 0 atom stereocenters. The fourth-order valence-electron chi connectivity index (χ4n) is 1.33. The SMILES string of the molecule is CNc1nc(CNC(=O)Cc2cccs2)cs1. The summed E-state index contributed by atoms with van der Waals surface area (Å²) in [5.41, 5.74) is 0.888. The van der Waals surface area contributed by atoms with E-state index in [9.17, 15) is 4.79 Å². The molecule has 2 N–H and O–H groups in total. The molecule has 2 aromatic heterocycles. The number of hydrogen-bond acceptors (Lipinski definition) is 5. The Kier molecular flexibility index (Phi) is 4.11. The molecule has 6 heteroatoms. The molecule has 1 amide bonds. The maximum absolute atomic E-state index is 11.6. The molecule has 17 heavy (non-hydrogen) atoms. The van der Waals surface area contributed by atoms with Gasteiger partial charge in [0.1, 0.15) is 0 Å². The van der Waals surface area contributed by atoms with Gasteiger partial charge >= 0.3 is 0 Å². The van der Waals surface area contributed by atoms with E-state index >= 15 is 0 Å². The lowest BCUT2D eigenvalue weighted by Crippen LogP contribution is -2.24. The van der Waals surface area contributed by atoms with Crippen LogP contribution in [-0.4, -0.2) is 17.9 Å². The minimum Gasteiger partial charge on any atom is -0.365 e. The molecule has 0 aliphatic carbocycles. The maximum atomic E-state index is 11.6. The van der Waals surface area contributed by atoms with Crippen LogP contribution in [0.25, 0.3) is 0 Å². The average molecular weight is 267 g/mol. The highest BCUT2D eigenvalue weighted by Crippen LogP contribution is 2.14. The summed E-state index contributed by atoms with van der Waals surface area (Å²) >= 11 is 3.13. The molecule has 0 saturated heterocycles. The van der Waals surface area contributed by atoms with Crippen LogP contribution in [0, 0.1) is 0 Å². The molecule has 2 aromatic rings. The molecular weight excluding hydrogens is 254 g/mol. The van der Waals surface area contributed by atoms with Gasteiger partial charge in [0.15, 0.2) is 5.13 Å². The van der Waals surface area contributed by atoms with E-state index in [4.69, 9.17) is 0 Å². The van der Waals surface area contributed by atoms with E-state index in [1.807, 2.05) is 29.9 Å². The quantitative estimate of drug-likeness (QED) is 0.872. The summed E-state index contributed by atoms with van der Waals surface area (Å²) in [5, 5.41) is 10.6. The van der Waals surface area contributed by atoms with Gasteiger partial charge < -0.3 is 10.6 Å². The Bertz CT molecular complexity index is 479. The number of anilines is 1. The maximum Gasteiger partial charge on any atom is 0.225 e. The summed E-state index contributed by atoms with van der Waals surface area (Å²) < 4.78 is 0. The van der Waals surface area contributed by atoms with Gasteiger partial charge in [0, 0.05) is 17.3 Å². The smallest absolute Gasteiger partial charge is 0.225 e. The molecule has 0 saturated carbocycles. The van der Waals surface area contributed by atoms with Gasteiger partial charge in [0.2, 0.25) is 5.91 Å². The zero-order valence-electron chi connectivity index (χ0n) is 9.40. The van der Waals surface area contributed by atoms with Gasteiger partial charge in [0.05, 0.1) is 18.7 Å². The summed E-state index contributed by atoms with van der Waals surface area (Å²) in [5.74, 6) is 0.0338. The van der Waals surface area contributed by atoms with Gasteiger partial charge in [-0.1, -0.05) is 6.07 Å². The Balaban J connectivity index is 1.79. The predicted octanol–water partition coefficient (Wildman–Crippen LogP) is 2.11. The summed E-state index contributed by atoms with van der Waals surface area (Å²) in [6.07, 6.45) is 0.445. The van der Waals surface area contributed by atoms with E-state index in [1.165, 1.54) is 11.3 Å². The number of thiophene rings is 1. The Morgan fingerprint density at radius 3 is 3.00 bits per heavy atom. The number of amides is 1. The Labute approximate surface area is 108 Å². The first-order valence-electron chi connectivity index (χ1n) is 5.19. The Morgan fingerprint density at radius 2 is 2.35 bits per heavy atom. The second kappa shape index (κ2) is 5.79. The first-order valence-corrected chi connectivity index (χ1v) is 6.95. The molecule has 90 valence electrons. The van der Waals surface area contributed by atoms with Crippen molar-refractivity contribution in [3.05, 3.63) is 33.5 Å². The molecule has 0 aromatic carbocycles. The van der Waals surface area contributed by atoms with Gasteiger partial charge in [-0.05, 0) is 11.4 Å². The highest BCUT2D eigenvalue weighted by Gasteiger charge is 2.05. The van der Waals surface area contributed by atoms with Crippen LogP contribution in [0.1, 0.15) is 10.6 Å². The summed E-state index contributed by atoms with van der Waals surface area (Å²) in [6.45, 7) is 0.488. The topological polar surface area (TPSA) is 54.0 Å². The van der Waals surface area contributed by atoms with Gasteiger partial charge in [-0.3, -0.25) is 4.79 Å². The number of rotatable bonds is 5. The van der Waals surface area contributed by atoms with Crippen LogP contribution in [0.2, 0.25) is 0 Å². The zero-order valence-corrected chi connectivity index (χ0v) is 11.0. The van der Waals surface area contributed by atoms with Crippen molar-refractivity contribution < 1.29 is 4.79 Å². The first-order chi connectivity index (χ1) is 8.28. The lowest BCUT2D eigenvalue weighted by Gasteiger charge is -2.01. The van der Waals surface area contributed by atoms with Crippen molar-refractivity contribution in [1.29, 1.82) is 0 Å². The number of nitrogens with one attached hydrogen (secondary N) is 2. The van der Waals surface area contributed by atoms with Gasteiger partial charge in [0.25, 0.3) is 0 Å². The van der Waals surface area contributed by atoms with Crippen LogP contribution in [0.3, 0.4) is 0 Å². The van der Waals surface area contributed by atoms with E-state index in [-0.39, 0.29) is 5.91 Å². The summed E-state index contributed by atoms with van der Waals surface area (Å²) in [6, 6.07) is 3.92. The van der Waals surface area contributed by atoms with Crippen LogP contribution in [0.15, 0.2) is 22.9 Å². The fourth-order valence-corrected chi connectivity index (χ4v) is 2.70. The van der Waals surface area contributed by atoms with Crippen molar-refractivity contribution in [3.8, 4) is 0 Å². The number of hydrogen-bond donors (Lipinski definition) is 2. The van der Waals surface area contributed by atoms with Gasteiger partial charge in [-0.15, -0.1) is 22.7 Å². The van der Waals surface area contributed by atoms with Gasteiger partial charge in [-0.2, -0.15) is 0 Å². The minimum absolute atomic E-state index is 0.0338. The second-order valence-corrected chi connectivity index (χ2v) is 5.32. The molecule has 0 aliphatic heterocycles. The van der Waals surface area contributed by atoms with E-state index in [0.717, 1.165) is 15.7 Å². The van der Waals surface area contributed by atoms with Gasteiger partial charge in [-0.25, -0.2) is 4.98 Å². The van der Waals surface area contributed by atoms with Crippen molar-refractivity contribution in [1.82, 2.24) is 10.3 Å². The summed E-state index contributed by atoms with van der Waals surface area (Å²) in [7, 11) is 1.83. The standard InChI is InChI=1S/C11H13N3OS2/c1-12-11-14-8(7-17-11)6-13-10(15)5-9-3-2-4-16-9/h2-4,7H,5-6H2,1H3,(H,12,14)(H,13,15). The normalized spacial score (nSPS) is 10.2. The number of nitrogens with zero attached hydrogens (tertiary/aromatic N) is 1. The molecule has 4 nitrogen and oxygen atoms in total. The largest absolute Gasteiger partial charge is 0.365 e. The highest BCUT2D eigenvalue weighted by molar-refractivity contribution is 7.13. The summed E-state index contributed by atoms with van der Waals surface area (Å²) in [4.78, 5) is 17.0. The monoisotopic (exact) mass is 267 g/mol. The third kappa shape index (κ3) is 3.54. The van der Waals surface area contributed by atoms with Crippen LogP contribution < -0.4 is 10.6 Å². The third-order valence-corrected chi connectivity index (χ3v) is 3.93. The van der Waals surface area contributed by atoms with Crippen LogP contribution in [0.5, 0.6) is 0 Å². The van der Waals surface area contributed by atoms with E-state index in [1.54, 1.807) is 11.3 Å². The highest BCUT2D eigenvalue weighted by atomic mass is 32.1. The van der Waals surface area contributed by atoms with Crippen molar-refractivity contribution in [3.63, 3.8) is 0 Å². The van der Waals surface area contributed by atoms with Crippen molar-refractivity contribution in [2.75, 3.05) is 12.4 Å². The molecule has 0 radical (unpaired) electrons. The molecule has 2 heterocycles. The predicted molar refractivity (Wildman–Crippen MR) is 71.5 cm³/mol. The Morgan fingerprint density at radius 1 is 1.47 bits per heavy atom. The van der Waals surface area contributed by atoms with Crippen LogP contribution >= 0.6 is 22.7 Å². The number of thiazole rings is 1. The zero-order chi connectivity index (χ0) is 12.1. The molecule has 0 fully saturated rings. The molecular formula is C11H13N3OS2. The van der Waals surface area contributed by atoms with Crippen LogP contribution in [-0.2, 0) is 17.8 Å². The number of aromatic nitrogens is 1. The lowest BCUT2D eigenvalue weighted by atomic mass is 10.3. The fraction of sp³-hybridized carbons (Fsp3) is 0.273. The number of carbonyl (C=O) groups is 1. The molecule has 0 bridgehead atoms. The second-order valence-electron chi connectivity index (χ2n) is 3.43. The molecule has 2 rings (SSSR count). The number of carbonyl (C=O) groups excluding carboxylic acids is 1. The van der Waals surface area contributed by atoms with Crippen molar-refractivity contribution in [2.45, 2.75) is 13.0 Å². The van der Waals surface area contributed by atoms with E-state index < -0.39 is 0 Å².